The molecule has 27 heavy (non-hydrogen) atoms. The second-order valence-corrected chi connectivity index (χ2v) is 6.96. The fourth-order valence-corrected chi connectivity index (χ4v) is 1.45. The van der Waals surface area contributed by atoms with Gasteiger partial charge < -0.3 is 29.0 Å². The summed E-state index contributed by atoms with van der Waals surface area (Å²) in [5, 5.41) is 0. The third-order valence-corrected chi connectivity index (χ3v) is 2.89. The van der Waals surface area contributed by atoms with Gasteiger partial charge >= 0.3 is 27.6 Å². The molecule has 0 aliphatic heterocycles. The van der Waals surface area contributed by atoms with Crippen molar-refractivity contribution in [1.82, 2.24) is 0 Å². The Hall–Kier alpha value is -0.841. The van der Waals surface area contributed by atoms with E-state index in [0.717, 1.165) is 0 Å². The molecule has 0 heterocycles. The summed E-state index contributed by atoms with van der Waals surface area (Å²) in [4.78, 5) is 54.3. The van der Waals surface area contributed by atoms with Crippen molar-refractivity contribution in [3.8, 4) is 0 Å². The molecule has 0 aromatic rings. The molecule has 15 heteroatoms. The summed E-state index contributed by atoms with van der Waals surface area (Å²) in [6.45, 7) is 8.45. The standard InChI is InChI=1S/2C6H11O6P.Cu/c2*1-5(2)6(7)11-3-4-12-13(8,9)10;/h2*1,3-4H2,2H3,(H2,8,9,10);. The van der Waals surface area contributed by atoms with Crippen LogP contribution in [0.1, 0.15) is 13.8 Å². The van der Waals surface area contributed by atoms with Crippen LogP contribution in [0.3, 0.4) is 0 Å². The van der Waals surface area contributed by atoms with Crippen molar-refractivity contribution in [2.45, 2.75) is 13.8 Å². The molecular formula is C12H22CuO12P2. The maximum absolute atomic E-state index is 10.7. The third-order valence-electron chi connectivity index (χ3n) is 1.85. The van der Waals surface area contributed by atoms with Crippen molar-refractivity contribution >= 4 is 27.6 Å². The Bertz CT molecular complexity index is 541. The third kappa shape index (κ3) is 25.2. The maximum atomic E-state index is 10.7. The second-order valence-electron chi connectivity index (χ2n) is 4.48. The molecule has 0 aliphatic rings. The zero-order chi connectivity index (χ0) is 21.0. The van der Waals surface area contributed by atoms with E-state index < -0.39 is 27.6 Å². The first-order valence-electron chi connectivity index (χ1n) is 6.71. The van der Waals surface area contributed by atoms with Crippen LogP contribution in [0.15, 0.2) is 24.3 Å². The fraction of sp³-hybridized carbons (Fsp3) is 0.500. The van der Waals surface area contributed by atoms with Crippen molar-refractivity contribution in [3.05, 3.63) is 24.3 Å². The van der Waals surface area contributed by atoms with Crippen LogP contribution in [0.5, 0.6) is 0 Å². The normalized spacial score (nSPS) is 10.6. The Morgan fingerprint density at radius 3 is 1.19 bits per heavy atom. The van der Waals surface area contributed by atoms with Crippen LogP contribution in [0, 0.1) is 0 Å². The topological polar surface area (TPSA) is 186 Å². The van der Waals surface area contributed by atoms with Gasteiger partial charge in [0.1, 0.15) is 13.2 Å². The molecule has 0 amide bonds. The quantitative estimate of drug-likeness (QED) is 0.110. The molecule has 0 bridgehead atoms. The van der Waals surface area contributed by atoms with E-state index >= 15 is 0 Å². The summed E-state index contributed by atoms with van der Waals surface area (Å²) in [6.07, 6.45) is 0. The van der Waals surface area contributed by atoms with E-state index in [4.69, 9.17) is 19.6 Å². The molecule has 12 nitrogen and oxygen atoms in total. The number of phosphoric ester groups is 2. The van der Waals surface area contributed by atoms with Crippen LogP contribution in [0.25, 0.3) is 0 Å². The van der Waals surface area contributed by atoms with Gasteiger partial charge in [-0.2, -0.15) is 0 Å². The van der Waals surface area contributed by atoms with Gasteiger partial charge in [-0.3, -0.25) is 9.05 Å². The van der Waals surface area contributed by atoms with E-state index in [9.17, 15) is 18.7 Å². The largest absolute Gasteiger partial charge is 0.469 e. The van der Waals surface area contributed by atoms with Gasteiger partial charge in [-0.25, -0.2) is 18.7 Å². The number of carbonyl (C=O) groups excluding carboxylic acids is 2. The molecule has 0 aromatic heterocycles. The fourth-order valence-electron chi connectivity index (χ4n) is 0.827. The van der Waals surface area contributed by atoms with Crippen LogP contribution in [0.4, 0.5) is 0 Å². The number of hydrogen-bond acceptors (Lipinski definition) is 8. The zero-order valence-corrected chi connectivity index (χ0v) is 17.2. The molecule has 163 valence electrons. The van der Waals surface area contributed by atoms with Crippen LogP contribution in [0.2, 0.25) is 0 Å². The van der Waals surface area contributed by atoms with E-state index in [1.807, 2.05) is 0 Å². The average Bonchev–Trinajstić information content (AvgIpc) is 2.46. The molecule has 0 spiro atoms. The summed E-state index contributed by atoms with van der Waals surface area (Å²) >= 11 is 0. The molecular weight excluding hydrogens is 462 g/mol. The van der Waals surface area contributed by atoms with Gasteiger partial charge in [0, 0.05) is 28.2 Å². The Kier molecular flexibility index (Phi) is 17.3. The smallest absolute Gasteiger partial charge is 0.460 e. The minimum atomic E-state index is -4.46. The SMILES string of the molecule is C=C(C)C(=O)OCCOP(=O)(O)O.C=C(C)C(=O)OCCOP(=O)(O)O.[Cu]. The number of rotatable bonds is 10. The van der Waals surface area contributed by atoms with Crippen molar-refractivity contribution in [2.75, 3.05) is 26.4 Å². The molecule has 0 saturated heterocycles. The number of carbonyl (C=O) groups is 2. The first-order chi connectivity index (χ1) is 11.7. The minimum absolute atomic E-state index is 0. The van der Waals surface area contributed by atoms with Gasteiger partial charge in [0.2, 0.25) is 0 Å². The van der Waals surface area contributed by atoms with Crippen molar-refractivity contribution in [3.63, 3.8) is 0 Å². The van der Waals surface area contributed by atoms with Gasteiger partial charge in [-0.1, -0.05) is 13.2 Å². The summed E-state index contributed by atoms with van der Waals surface area (Å²) in [7, 11) is -8.93. The number of ether oxygens (including phenoxy) is 2. The van der Waals surface area contributed by atoms with Gasteiger partial charge in [-0.15, -0.1) is 0 Å². The molecule has 0 aromatic carbocycles. The Labute approximate surface area is 166 Å². The minimum Gasteiger partial charge on any atom is -0.460 e. The Balaban J connectivity index is -0.000000411. The predicted octanol–water partition coefficient (Wildman–Crippen LogP) is 0.427. The summed E-state index contributed by atoms with van der Waals surface area (Å²) in [5.74, 6) is -1.23. The van der Waals surface area contributed by atoms with Crippen molar-refractivity contribution < 1.29 is 73.9 Å². The van der Waals surface area contributed by atoms with Gasteiger partial charge in [0.15, 0.2) is 0 Å². The van der Waals surface area contributed by atoms with Crippen LogP contribution in [-0.4, -0.2) is 57.9 Å². The molecule has 1 radical (unpaired) electrons. The van der Waals surface area contributed by atoms with Gasteiger partial charge in [0.25, 0.3) is 0 Å². The van der Waals surface area contributed by atoms with Crippen LogP contribution >= 0.6 is 15.6 Å². The van der Waals surface area contributed by atoms with E-state index in [1.54, 1.807) is 0 Å². The first-order valence-corrected chi connectivity index (χ1v) is 9.77. The van der Waals surface area contributed by atoms with Gasteiger partial charge in [0.05, 0.1) is 13.2 Å². The van der Waals surface area contributed by atoms with E-state index in [2.05, 4.69) is 31.7 Å². The summed E-state index contributed by atoms with van der Waals surface area (Å²) < 4.78 is 37.3. The summed E-state index contributed by atoms with van der Waals surface area (Å²) in [5.41, 5.74) is 0.437. The number of phosphoric acid groups is 2. The Morgan fingerprint density at radius 2 is 1.00 bits per heavy atom. The number of esters is 2. The number of hydrogen-bond donors (Lipinski definition) is 4. The zero-order valence-electron chi connectivity index (χ0n) is 14.5. The van der Waals surface area contributed by atoms with Crippen LogP contribution < -0.4 is 0 Å². The van der Waals surface area contributed by atoms with Gasteiger partial charge in [-0.05, 0) is 13.8 Å². The maximum Gasteiger partial charge on any atom is 0.469 e. The molecule has 0 unspecified atom stereocenters. The molecule has 0 rings (SSSR count). The van der Waals surface area contributed by atoms with Crippen molar-refractivity contribution in [1.29, 1.82) is 0 Å². The second kappa shape index (κ2) is 15.1. The molecule has 4 N–H and O–H groups in total. The van der Waals surface area contributed by atoms with Crippen molar-refractivity contribution in [2.24, 2.45) is 0 Å². The molecule has 0 atom stereocenters. The Morgan fingerprint density at radius 1 is 0.741 bits per heavy atom. The van der Waals surface area contributed by atoms with E-state index in [1.165, 1.54) is 13.8 Å². The molecule has 0 aliphatic carbocycles. The first kappa shape index (κ1) is 30.9. The predicted molar refractivity (Wildman–Crippen MR) is 87.5 cm³/mol. The molecule has 0 fully saturated rings. The molecule has 0 saturated carbocycles. The van der Waals surface area contributed by atoms with E-state index in [0.29, 0.717) is 0 Å². The monoisotopic (exact) mass is 483 g/mol. The van der Waals surface area contributed by atoms with Crippen LogP contribution in [-0.2, 0) is 54.3 Å². The average molecular weight is 484 g/mol. The summed E-state index contributed by atoms with van der Waals surface area (Å²) in [6, 6.07) is 0. The van der Waals surface area contributed by atoms with E-state index in [-0.39, 0.29) is 54.6 Å².